The van der Waals surface area contributed by atoms with E-state index in [1.165, 1.54) is 21.1 Å². The van der Waals surface area contributed by atoms with E-state index < -0.39 is 0 Å². The minimum Gasteiger partial charge on any atom is -0.321 e. The van der Waals surface area contributed by atoms with E-state index in [2.05, 4.69) is 51.1 Å². The van der Waals surface area contributed by atoms with Crippen molar-refractivity contribution in [3.8, 4) is 0 Å². The number of aryl methyl sites for hydroxylation is 3. The number of thiazole rings is 1. The molecule has 102 valence electrons. The lowest BCUT2D eigenvalue weighted by atomic mass is 10.0. The summed E-state index contributed by atoms with van der Waals surface area (Å²) >= 11 is 1.77. The first-order valence-electron chi connectivity index (χ1n) is 6.82. The zero-order chi connectivity index (χ0) is 13.9. The predicted molar refractivity (Wildman–Crippen MR) is 82.6 cm³/mol. The topological polar surface area (TPSA) is 38.9 Å². The average molecular weight is 274 g/mol. The second-order valence-electron chi connectivity index (χ2n) is 5.44. The smallest absolute Gasteiger partial charge is 0.0935 e. The Kier molecular flexibility index (Phi) is 4.38. The van der Waals surface area contributed by atoms with Gasteiger partial charge in [0.05, 0.1) is 10.7 Å². The SMILES string of the molecule is CCc1nc(CCc2ccccc2)sc1C(C)(C)N. The number of nitrogens with two attached hydrogens (primary N) is 1. The van der Waals surface area contributed by atoms with Crippen LogP contribution in [0.1, 0.15) is 41.9 Å². The zero-order valence-electron chi connectivity index (χ0n) is 11.9. The van der Waals surface area contributed by atoms with E-state index in [-0.39, 0.29) is 5.54 Å². The molecule has 0 aliphatic carbocycles. The van der Waals surface area contributed by atoms with Crippen molar-refractivity contribution in [1.29, 1.82) is 0 Å². The van der Waals surface area contributed by atoms with E-state index in [4.69, 9.17) is 10.7 Å². The van der Waals surface area contributed by atoms with Crippen molar-refractivity contribution in [1.82, 2.24) is 4.98 Å². The van der Waals surface area contributed by atoms with E-state index in [0.717, 1.165) is 19.3 Å². The van der Waals surface area contributed by atoms with Crippen LogP contribution in [0.4, 0.5) is 0 Å². The largest absolute Gasteiger partial charge is 0.321 e. The molecule has 3 heteroatoms. The molecule has 0 aliphatic heterocycles. The first-order chi connectivity index (χ1) is 9.00. The van der Waals surface area contributed by atoms with Crippen molar-refractivity contribution in [3.05, 3.63) is 51.5 Å². The number of hydrogen-bond donors (Lipinski definition) is 1. The molecule has 1 heterocycles. The van der Waals surface area contributed by atoms with Gasteiger partial charge in [0.25, 0.3) is 0 Å². The Morgan fingerprint density at radius 1 is 1.16 bits per heavy atom. The molecule has 0 amide bonds. The summed E-state index contributed by atoms with van der Waals surface area (Å²) in [6.45, 7) is 6.26. The molecule has 0 atom stereocenters. The van der Waals surface area contributed by atoms with Crippen LogP contribution in [-0.2, 0) is 24.8 Å². The van der Waals surface area contributed by atoms with E-state index in [0.29, 0.717) is 0 Å². The fourth-order valence-corrected chi connectivity index (χ4v) is 3.31. The van der Waals surface area contributed by atoms with Gasteiger partial charge >= 0.3 is 0 Å². The summed E-state index contributed by atoms with van der Waals surface area (Å²) in [5.41, 5.74) is 8.47. The van der Waals surface area contributed by atoms with E-state index in [1.54, 1.807) is 11.3 Å². The van der Waals surface area contributed by atoms with Crippen molar-refractivity contribution < 1.29 is 0 Å². The molecule has 0 radical (unpaired) electrons. The molecule has 0 bridgehead atoms. The second kappa shape index (κ2) is 5.85. The molecule has 0 saturated carbocycles. The molecular weight excluding hydrogens is 252 g/mol. The standard InChI is InChI=1S/C16H22N2S/c1-4-13-15(16(2,3)17)19-14(18-13)11-10-12-8-6-5-7-9-12/h5-9H,4,10-11,17H2,1-3H3. The molecule has 2 nitrogen and oxygen atoms in total. The van der Waals surface area contributed by atoms with Crippen LogP contribution in [0.2, 0.25) is 0 Å². The molecule has 2 rings (SSSR count). The third-order valence-corrected chi connectivity index (χ3v) is 4.63. The number of rotatable bonds is 5. The van der Waals surface area contributed by atoms with Gasteiger partial charge in [-0.15, -0.1) is 11.3 Å². The lowest BCUT2D eigenvalue weighted by Crippen LogP contribution is -2.28. The van der Waals surface area contributed by atoms with Gasteiger partial charge in [0.1, 0.15) is 0 Å². The van der Waals surface area contributed by atoms with Gasteiger partial charge in [0.2, 0.25) is 0 Å². The Hall–Kier alpha value is -1.19. The molecule has 0 spiro atoms. The van der Waals surface area contributed by atoms with Crippen LogP contribution in [0.3, 0.4) is 0 Å². The fraction of sp³-hybridized carbons (Fsp3) is 0.438. The highest BCUT2D eigenvalue weighted by molar-refractivity contribution is 7.11. The van der Waals surface area contributed by atoms with Crippen molar-refractivity contribution >= 4 is 11.3 Å². The molecule has 0 saturated heterocycles. The molecule has 2 N–H and O–H groups in total. The maximum Gasteiger partial charge on any atom is 0.0935 e. The van der Waals surface area contributed by atoms with Crippen molar-refractivity contribution in [2.45, 2.75) is 45.6 Å². The highest BCUT2D eigenvalue weighted by Gasteiger charge is 2.22. The summed E-state index contributed by atoms with van der Waals surface area (Å²) in [4.78, 5) is 5.98. The summed E-state index contributed by atoms with van der Waals surface area (Å²) in [6, 6.07) is 10.6. The van der Waals surface area contributed by atoms with Crippen LogP contribution in [0.25, 0.3) is 0 Å². The fourth-order valence-electron chi connectivity index (χ4n) is 2.15. The van der Waals surface area contributed by atoms with Crippen molar-refractivity contribution in [3.63, 3.8) is 0 Å². The van der Waals surface area contributed by atoms with Gasteiger partial charge in [-0.25, -0.2) is 4.98 Å². The van der Waals surface area contributed by atoms with Crippen LogP contribution in [0.5, 0.6) is 0 Å². The summed E-state index contributed by atoms with van der Waals surface area (Å²) in [7, 11) is 0. The number of hydrogen-bond acceptors (Lipinski definition) is 3. The van der Waals surface area contributed by atoms with E-state index in [1.807, 2.05) is 0 Å². The lowest BCUT2D eigenvalue weighted by Gasteiger charge is -2.17. The van der Waals surface area contributed by atoms with Gasteiger partial charge in [0.15, 0.2) is 0 Å². The first kappa shape index (κ1) is 14.2. The van der Waals surface area contributed by atoms with Crippen LogP contribution in [0, 0.1) is 0 Å². The maximum atomic E-state index is 6.22. The zero-order valence-corrected chi connectivity index (χ0v) is 12.8. The molecule has 2 aromatic rings. The Morgan fingerprint density at radius 2 is 1.84 bits per heavy atom. The van der Waals surface area contributed by atoms with Crippen LogP contribution in [-0.4, -0.2) is 4.98 Å². The van der Waals surface area contributed by atoms with Crippen LogP contribution >= 0.6 is 11.3 Å². The highest BCUT2D eigenvalue weighted by atomic mass is 32.1. The molecule has 1 aromatic heterocycles. The van der Waals surface area contributed by atoms with Crippen molar-refractivity contribution in [2.24, 2.45) is 5.73 Å². The lowest BCUT2D eigenvalue weighted by molar-refractivity contribution is 0.559. The Labute approximate surface area is 119 Å². The van der Waals surface area contributed by atoms with Crippen LogP contribution < -0.4 is 5.73 Å². The summed E-state index contributed by atoms with van der Waals surface area (Å²) in [6.07, 6.45) is 3.00. The molecular formula is C16H22N2S. The normalized spacial score (nSPS) is 11.8. The van der Waals surface area contributed by atoms with Gasteiger partial charge < -0.3 is 5.73 Å². The molecule has 0 aliphatic rings. The third-order valence-electron chi connectivity index (χ3n) is 3.13. The molecule has 1 aromatic carbocycles. The second-order valence-corrected chi connectivity index (χ2v) is 6.53. The predicted octanol–water partition coefficient (Wildman–Crippen LogP) is 3.68. The van der Waals surface area contributed by atoms with Crippen molar-refractivity contribution in [2.75, 3.05) is 0 Å². The van der Waals surface area contributed by atoms with Gasteiger partial charge in [-0.3, -0.25) is 0 Å². The summed E-state index contributed by atoms with van der Waals surface area (Å²) in [5.74, 6) is 0. The minimum absolute atomic E-state index is 0.284. The molecule has 0 fully saturated rings. The van der Waals surface area contributed by atoms with Gasteiger partial charge in [0, 0.05) is 16.8 Å². The third kappa shape index (κ3) is 3.64. The number of nitrogens with zero attached hydrogens (tertiary/aromatic N) is 1. The maximum absolute atomic E-state index is 6.22. The summed E-state index contributed by atoms with van der Waals surface area (Å²) < 4.78 is 0. The Bertz CT molecular complexity index is 523. The minimum atomic E-state index is -0.284. The molecule has 0 unspecified atom stereocenters. The van der Waals surface area contributed by atoms with Gasteiger partial charge in [-0.05, 0) is 32.3 Å². The quantitative estimate of drug-likeness (QED) is 0.903. The van der Waals surface area contributed by atoms with Gasteiger partial charge in [-0.2, -0.15) is 0 Å². The first-order valence-corrected chi connectivity index (χ1v) is 7.64. The molecule has 19 heavy (non-hydrogen) atoms. The summed E-state index contributed by atoms with van der Waals surface area (Å²) in [5, 5.41) is 1.20. The Balaban J connectivity index is 2.12. The Morgan fingerprint density at radius 3 is 2.37 bits per heavy atom. The number of aromatic nitrogens is 1. The van der Waals surface area contributed by atoms with E-state index in [9.17, 15) is 0 Å². The average Bonchev–Trinajstić information content (AvgIpc) is 2.81. The number of benzene rings is 1. The van der Waals surface area contributed by atoms with E-state index >= 15 is 0 Å². The van der Waals surface area contributed by atoms with Crippen LogP contribution in [0.15, 0.2) is 30.3 Å². The monoisotopic (exact) mass is 274 g/mol. The van der Waals surface area contributed by atoms with Gasteiger partial charge in [-0.1, -0.05) is 37.3 Å². The highest BCUT2D eigenvalue weighted by Crippen LogP contribution is 2.29.